The fraction of sp³-hybridized carbons (Fsp3) is 0.222. The van der Waals surface area contributed by atoms with Crippen LogP contribution in [0.15, 0.2) is 82.7 Å². The van der Waals surface area contributed by atoms with E-state index in [1.54, 1.807) is 16.7 Å². The molecule has 1 amide bonds. The third kappa shape index (κ3) is 5.15. The van der Waals surface area contributed by atoms with E-state index in [0.717, 1.165) is 5.69 Å². The minimum absolute atomic E-state index is 0.0926. The van der Waals surface area contributed by atoms with Crippen LogP contribution in [0.5, 0.6) is 5.75 Å². The number of hydrogen-bond acceptors (Lipinski definition) is 5. The molecule has 4 aromatic rings. The van der Waals surface area contributed by atoms with Crippen molar-refractivity contribution >= 4 is 34.3 Å². The Labute approximate surface area is 203 Å². The van der Waals surface area contributed by atoms with Crippen LogP contribution >= 0.6 is 11.8 Å². The molecule has 0 saturated carbocycles. The van der Waals surface area contributed by atoms with Gasteiger partial charge in [-0.1, -0.05) is 62.0 Å². The molecular formula is C27H27N3O3S. The Bertz CT molecular complexity index is 1360. The van der Waals surface area contributed by atoms with Crippen LogP contribution in [0.3, 0.4) is 0 Å². The Hall–Kier alpha value is -3.58. The molecule has 1 heterocycles. The van der Waals surface area contributed by atoms with Crippen LogP contribution < -0.4 is 15.6 Å². The molecule has 0 aliphatic heterocycles. The molecular weight excluding hydrogens is 446 g/mol. The third-order valence-electron chi connectivity index (χ3n) is 5.36. The van der Waals surface area contributed by atoms with Gasteiger partial charge in [-0.25, -0.2) is 4.98 Å². The summed E-state index contributed by atoms with van der Waals surface area (Å²) in [6, 6.07) is 22.5. The molecule has 0 aliphatic carbocycles. The summed E-state index contributed by atoms with van der Waals surface area (Å²) in [4.78, 5) is 30.9. The first-order valence-corrected chi connectivity index (χ1v) is 12.2. The summed E-state index contributed by atoms with van der Waals surface area (Å²) < 4.78 is 7.17. The van der Waals surface area contributed by atoms with Gasteiger partial charge in [0.05, 0.1) is 34.6 Å². The molecule has 3 aromatic carbocycles. The van der Waals surface area contributed by atoms with Crippen molar-refractivity contribution in [2.45, 2.75) is 31.8 Å². The molecule has 0 bridgehead atoms. The van der Waals surface area contributed by atoms with Gasteiger partial charge < -0.3 is 10.1 Å². The maximum Gasteiger partial charge on any atom is 0.266 e. The highest BCUT2D eigenvalue weighted by Gasteiger charge is 2.16. The second kappa shape index (κ2) is 10.6. The van der Waals surface area contributed by atoms with Crippen LogP contribution in [-0.2, 0) is 4.79 Å². The molecule has 1 aromatic heterocycles. The van der Waals surface area contributed by atoms with E-state index in [2.05, 4.69) is 19.2 Å². The lowest BCUT2D eigenvalue weighted by molar-refractivity contribution is -0.113. The van der Waals surface area contributed by atoms with Gasteiger partial charge in [0.2, 0.25) is 5.91 Å². The molecule has 1 N–H and O–H groups in total. The lowest BCUT2D eigenvalue weighted by Gasteiger charge is -2.15. The first-order chi connectivity index (χ1) is 16.5. The van der Waals surface area contributed by atoms with Gasteiger partial charge in [0.15, 0.2) is 5.16 Å². The highest BCUT2D eigenvalue weighted by molar-refractivity contribution is 7.99. The molecule has 0 atom stereocenters. The van der Waals surface area contributed by atoms with Crippen molar-refractivity contribution in [1.29, 1.82) is 0 Å². The first kappa shape index (κ1) is 23.6. The minimum Gasteiger partial charge on any atom is -0.492 e. The Kier molecular flexibility index (Phi) is 7.33. The molecule has 0 saturated heterocycles. The van der Waals surface area contributed by atoms with Crippen LogP contribution in [0.4, 0.5) is 5.69 Å². The summed E-state index contributed by atoms with van der Waals surface area (Å²) in [5.74, 6) is 0.892. The largest absolute Gasteiger partial charge is 0.492 e. The molecule has 34 heavy (non-hydrogen) atoms. The zero-order chi connectivity index (χ0) is 24.1. The summed E-state index contributed by atoms with van der Waals surface area (Å²) in [5, 5.41) is 3.90. The fourth-order valence-corrected chi connectivity index (χ4v) is 4.43. The number of amides is 1. The van der Waals surface area contributed by atoms with Gasteiger partial charge >= 0.3 is 0 Å². The third-order valence-corrected chi connectivity index (χ3v) is 6.29. The number of para-hydroxylation sites is 3. The van der Waals surface area contributed by atoms with Crippen LogP contribution in [0, 0.1) is 0 Å². The highest BCUT2D eigenvalue weighted by atomic mass is 32.2. The van der Waals surface area contributed by atoms with Gasteiger partial charge in [0.1, 0.15) is 5.75 Å². The number of hydrogen-bond donors (Lipinski definition) is 1. The van der Waals surface area contributed by atoms with E-state index >= 15 is 0 Å². The molecule has 174 valence electrons. The molecule has 0 fully saturated rings. The fourth-order valence-electron chi connectivity index (χ4n) is 3.61. The second-order valence-electron chi connectivity index (χ2n) is 8.06. The molecule has 0 radical (unpaired) electrons. The van der Waals surface area contributed by atoms with E-state index in [4.69, 9.17) is 9.72 Å². The van der Waals surface area contributed by atoms with Crippen molar-refractivity contribution in [2.24, 2.45) is 0 Å². The van der Waals surface area contributed by atoms with Gasteiger partial charge in [-0.3, -0.25) is 14.2 Å². The van der Waals surface area contributed by atoms with Crippen LogP contribution in [0.2, 0.25) is 0 Å². The Balaban J connectivity index is 1.65. The quantitative estimate of drug-likeness (QED) is 0.265. The summed E-state index contributed by atoms with van der Waals surface area (Å²) >= 11 is 1.23. The van der Waals surface area contributed by atoms with Crippen molar-refractivity contribution in [3.63, 3.8) is 0 Å². The maximum atomic E-state index is 13.4. The number of carbonyl (C=O) groups excluding carboxylic acids is 1. The van der Waals surface area contributed by atoms with E-state index in [0.29, 0.717) is 40.0 Å². The van der Waals surface area contributed by atoms with E-state index in [-0.39, 0.29) is 17.2 Å². The Morgan fingerprint density at radius 3 is 2.47 bits per heavy atom. The van der Waals surface area contributed by atoms with Gasteiger partial charge in [-0.15, -0.1) is 0 Å². The highest BCUT2D eigenvalue weighted by Crippen LogP contribution is 2.26. The van der Waals surface area contributed by atoms with E-state index in [9.17, 15) is 9.59 Å². The molecule has 0 spiro atoms. The number of anilines is 1. The van der Waals surface area contributed by atoms with Crippen LogP contribution in [0.1, 0.15) is 32.3 Å². The number of rotatable bonds is 8. The zero-order valence-corrected chi connectivity index (χ0v) is 20.3. The van der Waals surface area contributed by atoms with Gasteiger partial charge in [0.25, 0.3) is 5.56 Å². The smallest absolute Gasteiger partial charge is 0.266 e. The number of nitrogens with zero attached hydrogens (tertiary/aromatic N) is 2. The van der Waals surface area contributed by atoms with E-state index in [1.807, 2.05) is 67.6 Å². The zero-order valence-electron chi connectivity index (χ0n) is 19.4. The van der Waals surface area contributed by atoms with E-state index in [1.165, 1.54) is 17.3 Å². The SMILES string of the molecule is CCOc1ccccc1NC(=O)CSc1nc2ccccc2c(=O)n1-c1ccc(C(C)C)cc1. The normalized spacial score (nSPS) is 11.1. The van der Waals surface area contributed by atoms with Crippen LogP contribution in [0.25, 0.3) is 16.6 Å². The minimum atomic E-state index is -0.207. The molecule has 0 unspecified atom stereocenters. The maximum absolute atomic E-state index is 13.4. The first-order valence-electron chi connectivity index (χ1n) is 11.2. The van der Waals surface area contributed by atoms with Gasteiger partial charge in [-0.2, -0.15) is 0 Å². The summed E-state index contributed by atoms with van der Waals surface area (Å²) in [7, 11) is 0. The number of carbonyl (C=O) groups is 1. The van der Waals surface area contributed by atoms with Gasteiger partial charge in [-0.05, 0) is 54.8 Å². The number of benzene rings is 3. The van der Waals surface area contributed by atoms with Gasteiger partial charge in [0, 0.05) is 0 Å². The number of nitrogens with one attached hydrogen (secondary N) is 1. The van der Waals surface area contributed by atoms with E-state index < -0.39 is 0 Å². The van der Waals surface area contributed by atoms with Crippen molar-refractivity contribution in [3.05, 3.63) is 88.7 Å². The van der Waals surface area contributed by atoms with Crippen LogP contribution in [-0.4, -0.2) is 27.8 Å². The molecule has 0 aliphatic rings. The molecule has 7 heteroatoms. The summed E-state index contributed by atoms with van der Waals surface area (Å²) in [6.07, 6.45) is 0. The topological polar surface area (TPSA) is 73.2 Å². The number of ether oxygens (including phenoxy) is 1. The van der Waals surface area contributed by atoms with Crippen molar-refractivity contribution in [1.82, 2.24) is 9.55 Å². The summed E-state index contributed by atoms with van der Waals surface area (Å²) in [5.41, 5.74) is 2.96. The van der Waals surface area contributed by atoms with Crippen molar-refractivity contribution in [2.75, 3.05) is 17.7 Å². The molecule has 4 rings (SSSR count). The number of fused-ring (bicyclic) bond motifs is 1. The summed E-state index contributed by atoms with van der Waals surface area (Å²) in [6.45, 7) is 6.65. The second-order valence-corrected chi connectivity index (χ2v) is 9.01. The predicted molar refractivity (Wildman–Crippen MR) is 138 cm³/mol. The number of thioether (sulfide) groups is 1. The predicted octanol–water partition coefficient (Wildman–Crippen LogP) is 5.64. The standard InChI is InChI=1S/C27H27N3O3S/c1-4-33-24-12-8-7-11-23(24)28-25(31)17-34-27-29-22-10-6-5-9-21(22)26(32)30(27)20-15-13-19(14-16-20)18(2)3/h5-16,18H,4,17H2,1-3H3,(H,28,31). The Morgan fingerprint density at radius 2 is 1.74 bits per heavy atom. The average Bonchev–Trinajstić information content (AvgIpc) is 2.84. The monoisotopic (exact) mass is 473 g/mol. The van der Waals surface area contributed by atoms with Crippen molar-refractivity contribution < 1.29 is 9.53 Å². The average molecular weight is 474 g/mol. The molecule has 6 nitrogen and oxygen atoms in total. The van der Waals surface area contributed by atoms with Crippen molar-refractivity contribution in [3.8, 4) is 11.4 Å². The Morgan fingerprint density at radius 1 is 1.03 bits per heavy atom. The lowest BCUT2D eigenvalue weighted by Crippen LogP contribution is -2.23. The number of aromatic nitrogens is 2. The lowest BCUT2D eigenvalue weighted by atomic mass is 10.0.